The number of hydrogen-bond donors (Lipinski definition) is 1. The van der Waals surface area contributed by atoms with E-state index in [4.69, 9.17) is 4.98 Å². The molecule has 184 valence electrons. The second kappa shape index (κ2) is 8.82. The van der Waals surface area contributed by atoms with Gasteiger partial charge in [-0.25, -0.2) is 4.98 Å². The summed E-state index contributed by atoms with van der Waals surface area (Å²) in [5, 5.41) is 3.19. The van der Waals surface area contributed by atoms with Gasteiger partial charge in [0.1, 0.15) is 17.3 Å². The van der Waals surface area contributed by atoms with Gasteiger partial charge in [-0.05, 0) is 74.1 Å². The van der Waals surface area contributed by atoms with Crippen LogP contribution >= 0.6 is 0 Å². The van der Waals surface area contributed by atoms with Crippen LogP contribution in [0.25, 0.3) is 0 Å². The van der Waals surface area contributed by atoms with Gasteiger partial charge < -0.3 is 19.5 Å². The number of piperidine rings is 1. The zero-order valence-electron chi connectivity index (χ0n) is 19.5. The molecule has 3 aliphatic rings. The van der Waals surface area contributed by atoms with Gasteiger partial charge >= 0.3 is 6.36 Å². The minimum absolute atomic E-state index is 0.00171. The SMILES string of the molecule is CCc1nc2n(c1C(=O)NCC1CC13CCN(c1ccc(OC(F)(F)F)cc1)CC3)CCCC2. The summed E-state index contributed by atoms with van der Waals surface area (Å²) >= 11 is 0. The number of fused-ring (bicyclic) bond motifs is 1. The number of aromatic nitrogens is 2. The molecule has 1 aromatic carbocycles. The highest BCUT2D eigenvalue weighted by atomic mass is 19.4. The number of rotatable bonds is 6. The number of ether oxygens (including phenoxy) is 1. The van der Waals surface area contributed by atoms with Gasteiger partial charge in [0.25, 0.3) is 5.91 Å². The van der Waals surface area contributed by atoms with E-state index in [1.165, 1.54) is 12.1 Å². The molecule has 2 aliphatic heterocycles. The van der Waals surface area contributed by atoms with E-state index in [0.29, 0.717) is 12.5 Å². The molecule has 1 aromatic heterocycles. The Morgan fingerprint density at radius 1 is 1.18 bits per heavy atom. The normalized spacial score (nSPS) is 21.3. The molecular weight excluding hydrogens is 445 g/mol. The fourth-order valence-corrected chi connectivity index (χ4v) is 5.74. The third kappa shape index (κ3) is 4.61. The standard InChI is InChI=1S/C25H31F3N4O2/c1-2-20-22(32-12-4-3-5-21(32)30-20)23(33)29-16-17-15-24(17)10-13-31(14-11-24)18-6-8-19(9-7-18)34-25(26,27)28/h6-9,17H,2-5,10-16H2,1H3,(H,29,33). The first-order valence-corrected chi connectivity index (χ1v) is 12.3. The summed E-state index contributed by atoms with van der Waals surface area (Å²) in [6, 6.07) is 6.09. The van der Waals surface area contributed by atoms with Gasteiger partial charge in [-0.1, -0.05) is 6.92 Å². The molecule has 0 radical (unpaired) electrons. The zero-order chi connectivity index (χ0) is 23.9. The molecule has 2 aromatic rings. The predicted molar refractivity (Wildman–Crippen MR) is 122 cm³/mol. The van der Waals surface area contributed by atoms with E-state index in [2.05, 4.69) is 19.5 Å². The second-order valence-corrected chi connectivity index (χ2v) is 9.79. The maximum absolute atomic E-state index is 13.1. The lowest BCUT2D eigenvalue weighted by molar-refractivity contribution is -0.274. The first kappa shape index (κ1) is 23.1. The van der Waals surface area contributed by atoms with Crippen LogP contribution in [-0.4, -0.2) is 41.5 Å². The van der Waals surface area contributed by atoms with Crippen molar-refractivity contribution in [2.24, 2.45) is 11.3 Å². The first-order chi connectivity index (χ1) is 16.3. The van der Waals surface area contributed by atoms with Crippen molar-refractivity contribution >= 4 is 11.6 Å². The number of carbonyl (C=O) groups is 1. The molecule has 3 heterocycles. The summed E-state index contributed by atoms with van der Waals surface area (Å²) in [5.41, 5.74) is 2.83. The highest BCUT2D eigenvalue weighted by molar-refractivity contribution is 5.94. The Balaban J connectivity index is 1.13. The molecule has 1 N–H and O–H groups in total. The van der Waals surface area contributed by atoms with Crippen molar-refractivity contribution in [3.05, 3.63) is 41.5 Å². The monoisotopic (exact) mass is 476 g/mol. The van der Waals surface area contributed by atoms with Crippen LogP contribution in [0.3, 0.4) is 0 Å². The number of imidazole rings is 1. The fourth-order valence-electron chi connectivity index (χ4n) is 5.74. The van der Waals surface area contributed by atoms with Crippen molar-refractivity contribution in [3.63, 3.8) is 0 Å². The molecule has 0 bridgehead atoms. The van der Waals surface area contributed by atoms with Crippen molar-refractivity contribution in [1.29, 1.82) is 0 Å². The van der Waals surface area contributed by atoms with Crippen LogP contribution in [0.5, 0.6) is 5.75 Å². The number of benzene rings is 1. The van der Waals surface area contributed by atoms with Crippen LogP contribution in [0.1, 0.15) is 61.0 Å². The Hall–Kier alpha value is -2.71. The van der Waals surface area contributed by atoms with Gasteiger partial charge in [-0.3, -0.25) is 4.79 Å². The molecule has 1 saturated heterocycles. The minimum Gasteiger partial charge on any atom is -0.406 e. The van der Waals surface area contributed by atoms with Crippen molar-refractivity contribution in [2.75, 3.05) is 24.5 Å². The summed E-state index contributed by atoms with van der Waals surface area (Å²) < 4.78 is 43.2. The van der Waals surface area contributed by atoms with Gasteiger partial charge in [0.05, 0.1) is 5.69 Å². The number of nitrogens with zero attached hydrogens (tertiary/aromatic N) is 3. The average Bonchev–Trinajstić information content (AvgIpc) is 3.33. The molecule has 1 aliphatic carbocycles. The van der Waals surface area contributed by atoms with Crippen LogP contribution in [-0.2, 0) is 19.4 Å². The summed E-state index contributed by atoms with van der Waals surface area (Å²) in [5.74, 6) is 1.32. The number of amides is 1. The highest BCUT2D eigenvalue weighted by Crippen LogP contribution is 2.59. The largest absolute Gasteiger partial charge is 0.573 e. The third-order valence-electron chi connectivity index (χ3n) is 7.76. The summed E-state index contributed by atoms with van der Waals surface area (Å²) in [6.45, 7) is 5.33. The predicted octanol–water partition coefficient (Wildman–Crippen LogP) is 4.72. The molecule has 1 saturated carbocycles. The molecule has 1 unspecified atom stereocenters. The van der Waals surface area contributed by atoms with E-state index in [9.17, 15) is 18.0 Å². The smallest absolute Gasteiger partial charge is 0.406 e. The molecular formula is C25H31F3N4O2. The van der Waals surface area contributed by atoms with E-state index >= 15 is 0 Å². The number of nitrogens with one attached hydrogen (secondary N) is 1. The third-order valence-corrected chi connectivity index (χ3v) is 7.76. The summed E-state index contributed by atoms with van der Waals surface area (Å²) in [4.78, 5) is 20.0. The lowest BCUT2D eigenvalue weighted by Gasteiger charge is -2.34. The summed E-state index contributed by atoms with van der Waals surface area (Å²) in [6.07, 6.45) is 2.42. The first-order valence-electron chi connectivity index (χ1n) is 12.3. The fraction of sp³-hybridized carbons (Fsp3) is 0.600. The van der Waals surface area contributed by atoms with E-state index in [0.717, 1.165) is 87.5 Å². The Morgan fingerprint density at radius 3 is 2.59 bits per heavy atom. The Morgan fingerprint density at radius 2 is 1.91 bits per heavy atom. The summed E-state index contributed by atoms with van der Waals surface area (Å²) in [7, 11) is 0. The molecule has 5 rings (SSSR count). The Bertz CT molecular complexity index is 1040. The number of aryl methyl sites for hydroxylation is 2. The van der Waals surface area contributed by atoms with Gasteiger partial charge in [0.2, 0.25) is 0 Å². The number of alkyl halides is 3. The molecule has 2 fully saturated rings. The molecule has 34 heavy (non-hydrogen) atoms. The van der Waals surface area contributed by atoms with Crippen molar-refractivity contribution in [3.8, 4) is 5.75 Å². The zero-order valence-corrected chi connectivity index (χ0v) is 19.5. The number of anilines is 1. The lowest BCUT2D eigenvalue weighted by Crippen LogP contribution is -2.36. The van der Waals surface area contributed by atoms with Crippen molar-refractivity contribution in [1.82, 2.24) is 14.9 Å². The minimum atomic E-state index is -4.68. The lowest BCUT2D eigenvalue weighted by atomic mass is 9.90. The van der Waals surface area contributed by atoms with Gasteiger partial charge in [-0.15, -0.1) is 13.2 Å². The maximum atomic E-state index is 13.1. The van der Waals surface area contributed by atoms with Crippen LogP contribution in [0, 0.1) is 11.3 Å². The van der Waals surface area contributed by atoms with Crippen LogP contribution < -0.4 is 15.0 Å². The van der Waals surface area contributed by atoms with E-state index in [1.807, 2.05) is 6.92 Å². The van der Waals surface area contributed by atoms with Gasteiger partial charge in [0.15, 0.2) is 0 Å². The Kier molecular flexibility index (Phi) is 5.98. The van der Waals surface area contributed by atoms with Gasteiger partial charge in [-0.2, -0.15) is 0 Å². The average molecular weight is 477 g/mol. The topological polar surface area (TPSA) is 59.4 Å². The van der Waals surface area contributed by atoms with Crippen LogP contribution in [0.2, 0.25) is 0 Å². The molecule has 6 nitrogen and oxygen atoms in total. The van der Waals surface area contributed by atoms with E-state index in [-0.39, 0.29) is 17.1 Å². The molecule has 1 atom stereocenters. The highest BCUT2D eigenvalue weighted by Gasteiger charge is 2.54. The Labute approximate surface area is 197 Å². The van der Waals surface area contributed by atoms with E-state index in [1.54, 1.807) is 12.1 Å². The number of halogens is 3. The quantitative estimate of drug-likeness (QED) is 0.656. The van der Waals surface area contributed by atoms with Crippen molar-refractivity contribution < 1.29 is 22.7 Å². The number of hydrogen-bond acceptors (Lipinski definition) is 4. The van der Waals surface area contributed by atoms with Crippen LogP contribution in [0.15, 0.2) is 24.3 Å². The van der Waals surface area contributed by atoms with Gasteiger partial charge in [0, 0.05) is 38.3 Å². The molecule has 1 amide bonds. The molecule has 1 spiro atoms. The molecule has 9 heteroatoms. The van der Waals surface area contributed by atoms with Crippen LogP contribution in [0.4, 0.5) is 18.9 Å². The van der Waals surface area contributed by atoms with E-state index < -0.39 is 6.36 Å². The second-order valence-electron chi connectivity index (χ2n) is 9.79. The number of carbonyl (C=O) groups excluding carboxylic acids is 1. The maximum Gasteiger partial charge on any atom is 0.573 e. The van der Waals surface area contributed by atoms with Crippen molar-refractivity contribution in [2.45, 2.75) is 64.8 Å².